The molecule has 4 nitrogen and oxygen atoms in total. The Balaban J connectivity index is 1.84. The summed E-state index contributed by atoms with van der Waals surface area (Å²) < 4.78 is 11.2. The van der Waals surface area contributed by atoms with Gasteiger partial charge in [0, 0.05) is 18.4 Å². The Bertz CT molecular complexity index is 475. The molecule has 0 spiro atoms. The lowest BCUT2D eigenvalue weighted by Crippen LogP contribution is -2.09. The van der Waals surface area contributed by atoms with Crippen LogP contribution in [-0.2, 0) is 4.84 Å². The Labute approximate surface area is 110 Å². The third kappa shape index (κ3) is 2.25. The summed E-state index contributed by atoms with van der Waals surface area (Å²) in [5, 5.41) is 4.07. The number of fused-ring (bicyclic) bond motifs is 1. The largest absolute Gasteiger partial charge is 0.490 e. The van der Waals surface area contributed by atoms with Crippen LogP contribution >= 0.6 is 11.6 Å². The molecule has 2 heterocycles. The van der Waals surface area contributed by atoms with Crippen LogP contribution in [-0.4, -0.2) is 30.9 Å². The monoisotopic (exact) mass is 267 g/mol. The van der Waals surface area contributed by atoms with Crippen molar-refractivity contribution >= 4 is 17.3 Å². The van der Waals surface area contributed by atoms with Crippen molar-refractivity contribution in [2.75, 3.05) is 19.1 Å². The number of benzene rings is 1. The maximum Gasteiger partial charge on any atom is 0.161 e. The first-order valence-electron chi connectivity index (χ1n) is 6.05. The number of nitrogens with zero attached hydrogens (tertiary/aromatic N) is 1. The fourth-order valence-corrected chi connectivity index (χ4v) is 2.19. The van der Waals surface area contributed by atoms with Gasteiger partial charge in [0.15, 0.2) is 11.5 Å². The number of ether oxygens (including phenoxy) is 2. The van der Waals surface area contributed by atoms with E-state index < -0.39 is 0 Å². The van der Waals surface area contributed by atoms with Gasteiger partial charge >= 0.3 is 0 Å². The summed E-state index contributed by atoms with van der Waals surface area (Å²) in [5.74, 6) is 2.03. The molecule has 1 unspecified atom stereocenters. The van der Waals surface area contributed by atoms with E-state index in [2.05, 4.69) is 5.16 Å². The van der Waals surface area contributed by atoms with Gasteiger partial charge in [-0.05, 0) is 18.2 Å². The van der Waals surface area contributed by atoms with Gasteiger partial charge in [0.25, 0.3) is 0 Å². The molecule has 2 aliphatic rings. The van der Waals surface area contributed by atoms with E-state index >= 15 is 0 Å². The van der Waals surface area contributed by atoms with Crippen LogP contribution in [0.3, 0.4) is 0 Å². The molecule has 0 saturated carbocycles. The molecule has 1 aromatic carbocycles. The average Bonchev–Trinajstić information content (AvgIpc) is 2.76. The van der Waals surface area contributed by atoms with E-state index in [9.17, 15) is 0 Å². The summed E-state index contributed by atoms with van der Waals surface area (Å²) in [4.78, 5) is 5.22. The first-order valence-corrected chi connectivity index (χ1v) is 6.59. The summed E-state index contributed by atoms with van der Waals surface area (Å²) in [7, 11) is 0. The molecule has 0 saturated heterocycles. The molecule has 5 heteroatoms. The first-order chi connectivity index (χ1) is 8.86. The Hall–Kier alpha value is -1.42. The topological polar surface area (TPSA) is 40.0 Å². The highest BCUT2D eigenvalue weighted by molar-refractivity contribution is 6.18. The molecule has 0 fully saturated rings. The van der Waals surface area contributed by atoms with Gasteiger partial charge in [-0.1, -0.05) is 5.16 Å². The van der Waals surface area contributed by atoms with Crippen molar-refractivity contribution in [3.63, 3.8) is 0 Å². The van der Waals surface area contributed by atoms with Crippen LogP contribution in [0.25, 0.3) is 0 Å². The minimum atomic E-state index is -0.0161. The van der Waals surface area contributed by atoms with Crippen LogP contribution < -0.4 is 9.47 Å². The molecule has 0 bridgehead atoms. The predicted molar refractivity (Wildman–Crippen MR) is 68.8 cm³/mol. The lowest BCUT2D eigenvalue weighted by molar-refractivity contribution is 0.102. The number of halogens is 1. The molecule has 1 atom stereocenters. The van der Waals surface area contributed by atoms with Crippen LogP contribution in [0.1, 0.15) is 18.4 Å². The van der Waals surface area contributed by atoms with Crippen LogP contribution in [0, 0.1) is 0 Å². The van der Waals surface area contributed by atoms with Crippen molar-refractivity contribution in [1.82, 2.24) is 0 Å². The average molecular weight is 268 g/mol. The van der Waals surface area contributed by atoms with E-state index in [1.54, 1.807) is 0 Å². The standard InChI is InChI=1S/C13H14ClNO3/c14-8-10-7-11(15-18-10)9-2-3-12-13(6-9)17-5-1-4-16-12/h2-3,6,10H,1,4-5,7-8H2. The quantitative estimate of drug-likeness (QED) is 0.773. The lowest BCUT2D eigenvalue weighted by atomic mass is 10.1. The van der Waals surface area contributed by atoms with E-state index in [-0.39, 0.29) is 6.10 Å². The molecule has 3 rings (SSSR count). The lowest BCUT2D eigenvalue weighted by Gasteiger charge is -2.08. The van der Waals surface area contributed by atoms with Gasteiger partial charge in [0.1, 0.15) is 6.10 Å². The normalized spacial score (nSPS) is 22.1. The van der Waals surface area contributed by atoms with Crippen LogP contribution in [0.5, 0.6) is 11.5 Å². The van der Waals surface area contributed by atoms with Crippen LogP contribution in [0.4, 0.5) is 0 Å². The molecular formula is C13H14ClNO3. The van der Waals surface area contributed by atoms with Gasteiger partial charge in [0.05, 0.1) is 24.8 Å². The minimum absolute atomic E-state index is 0.0161. The fraction of sp³-hybridized carbons (Fsp3) is 0.462. The Morgan fingerprint density at radius 2 is 2.06 bits per heavy atom. The van der Waals surface area contributed by atoms with Gasteiger partial charge in [-0.25, -0.2) is 0 Å². The van der Waals surface area contributed by atoms with E-state index in [4.69, 9.17) is 25.9 Å². The smallest absolute Gasteiger partial charge is 0.161 e. The Kier molecular flexibility index (Phi) is 3.28. The second-order valence-electron chi connectivity index (χ2n) is 4.34. The zero-order valence-corrected chi connectivity index (χ0v) is 10.7. The summed E-state index contributed by atoms with van der Waals surface area (Å²) in [6.07, 6.45) is 1.63. The number of rotatable bonds is 2. The highest BCUT2D eigenvalue weighted by Gasteiger charge is 2.22. The zero-order valence-electron chi connectivity index (χ0n) is 9.89. The number of oxime groups is 1. The molecule has 0 radical (unpaired) electrons. The second kappa shape index (κ2) is 5.06. The van der Waals surface area contributed by atoms with E-state index in [1.807, 2.05) is 18.2 Å². The van der Waals surface area contributed by atoms with Crippen molar-refractivity contribution in [1.29, 1.82) is 0 Å². The Morgan fingerprint density at radius 3 is 2.83 bits per heavy atom. The zero-order chi connectivity index (χ0) is 12.4. The molecular weight excluding hydrogens is 254 g/mol. The maximum absolute atomic E-state index is 5.75. The highest BCUT2D eigenvalue weighted by atomic mass is 35.5. The SMILES string of the molecule is ClCC1CC(c2ccc3c(c2)OCCCO3)=NO1. The third-order valence-corrected chi connectivity index (χ3v) is 3.33. The number of alkyl halides is 1. The number of hydrogen-bond donors (Lipinski definition) is 0. The highest BCUT2D eigenvalue weighted by Crippen LogP contribution is 2.31. The maximum atomic E-state index is 5.75. The minimum Gasteiger partial charge on any atom is -0.490 e. The third-order valence-electron chi connectivity index (χ3n) is 2.99. The second-order valence-corrected chi connectivity index (χ2v) is 4.64. The van der Waals surface area contributed by atoms with Gasteiger partial charge in [0.2, 0.25) is 0 Å². The summed E-state index contributed by atoms with van der Waals surface area (Å²) in [5.41, 5.74) is 1.92. The molecule has 2 aliphatic heterocycles. The fourth-order valence-electron chi connectivity index (χ4n) is 2.02. The van der Waals surface area contributed by atoms with Crippen LogP contribution in [0.15, 0.2) is 23.4 Å². The Morgan fingerprint density at radius 1 is 1.22 bits per heavy atom. The number of hydrogen-bond acceptors (Lipinski definition) is 4. The molecule has 0 N–H and O–H groups in total. The first kappa shape index (κ1) is 11.7. The summed E-state index contributed by atoms with van der Waals surface area (Å²) >= 11 is 5.75. The summed E-state index contributed by atoms with van der Waals surface area (Å²) in [6.45, 7) is 1.38. The molecule has 0 aromatic heterocycles. The molecule has 1 aromatic rings. The van der Waals surface area contributed by atoms with Crippen LogP contribution in [0.2, 0.25) is 0 Å². The van der Waals surface area contributed by atoms with Crippen molar-refractivity contribution in [3.8, 4) is 11.5 Å². The van der Waals surface area contributed by atoms with Crippen molar-refractivity contribution in [2.45, 2.75) is 18.9 Å². The molecule has 0 amide bonds. The van der Waals surface area contributed by atoms with Crippen molar-refractivity contribution in [2.24, 2.45) is 5.16 Å². The predicted octanol–water partition coefficient (Wildman–Crippen LogP) is 2.58. The van der Waals surface area contributed by atoms with Gasteiger partial charge in [-0.2, -0.15) is 0 Å². The van der Waals surface area contributed by atoms with E-state index in [0.29, 0.717) is 19.1 Å². The van der Waals surface area contributed by atoms with E-state index in [0.717, 1.165) is 35.6 Å². The molecule has 18 heavy (non-hydrogen) atoms. The van der Waals surface area contributed by atoms with Gasteiger partial charge < -0.3 is 14.3 Å². The van der Waals surface area contributed by atoms with E-state index in [1.165, 1.54) is 0 Å². The van der Waals surface area contributed by atoms with Crippen molar-refractivity contribution in [3.05, 3.63) is 23.8 Å². The molecule has 96 valence electrons. The van der Waals surface area contributed by atoms with Gasteiger partial charge in [-0.3, -0.25) is 0 Å². The van der Waals surface area contributed by atoms with Crippen molar-refractivity contribution < 1.29 is 14.3 Å². The van der Waals surface area contributed by atoms with Gasteiger partial charge in [-0.15, -0.1) is 11.6 Å². The molecule has 0 aliphatic carbocycles. The summed E-state index contributed by atoms with van der Waals surface area (Å²) in [6, 6.07) is 5.86.